The Morgan fingerprint density at radius 2 is 0.905 bits per heavy atom. The Morgan fingerprint density at radius 1 is 0.365 bits per heavy atom. The van der Waals surface area contributed by atoms with Crippen LogP contribution in [-0.4, -0.2) is 9.97 Å². The third-order valence-corrected chi connectivity index (χ3v) is 14.2. The summed E-state index contributed by atoms with van der Waals surface area (Å²) in [5.41, 5.74) is 17.8. The van der Waals surface area contributed by atoms with Crippen molar-refractivity contribution in [2.45, 2.75) is 5.41 Å². The Labute approximate surface area is 369 Å². The van der Waals surface area contributed by atoms with E-state index in [1.165, 1.54) is 49.2 Å². The van der Waals surface area contributed by atoms with Gasteiger partial charge in [0.25, 0.3) is 0 Å². The van der Waals surface area contributed by atoms with Crippen LogP contribution < -0.4 is 4.74 Å². The van der Waals surface area contributed by atoms with Crippen LogP contribution in [0.3, 0.4) is 0 Å². The van der Waals surface area contributed by atoms with E-state index in [4.69, 9.17) is 14.7 Å². The first-order chi connectivity index (χ1) is 31.2. The average molecular weight is 821 g/mol. The van der Waals surface area contributed by atoms with Gasteiger partial charge in [-0.25, -0.2) is 9.97 Å². The van der Waals surface area contributed by atoms with Crippen LogP contribution in [0.15, 0.2) is 218 Å². The number of hydrogen-bond donors (Lipinski definition) is 0. The zero-order chi connectivity index (χ0) is 41.5. The van der Waals surface area contributed by atoms with Crippen molar-refractivity contribution < 1.29 is 4.74 Å². The number of ether oxygens (including phenoxy) is 1. The summed E-state index contributed by atoms with van der Waals surface area (Å²) in [6, 6.07) is 78.5. The predicted molar refractivity (Wildman–Crippen MR) is 259 cm³/mol. The van der Waals surface area contributed by atoms with Gasteiger partial charge in [-0.15, -0.1) is 11.3 Å². The van der Waals surface area contributed by atoms with E-state index in [0.29, 0.717) is 0 Å². The number of nitrogens with zero attached hydrogens (tertiary/aromatic N) is 2. The minimum absolute atomic E-state index is 0.537. The molecule has 11 aromatic rings. The zero-order valence-corrected chi connectivity index (χ0v) is 34.8. The summed E-state index contributed by atoms with van der Waals surface area (Å²) in [7, 11) is 0. The lowest BCUT2D eigenvalue weighted by Crippen LogP contribution is -2.32. The van der Waals surface area contributed by atoms with E-state index in [-0.39, 0.29) is 0 Å². The van der Waals surface area contributed by atoms with Crippen LogP contribution in [0.5, 0.6) is 11.5 Å². The highest BCUT2D eigenvalue weighted by atomic mass is 32.1. The molecule has 3 heterocycles. The largest absolute Gasteiger partial charge is 0.457 e. The fourth-order valence-electron chi connectivity index (χ4n) is 10.2. The van der Waals surface area contributed by atoms with Crippen LogP contribution in [0.2, 0.25) is 0 Å². The number of thiophene rings is 1. The molecule has 0 N–H and O–H groups in total. The molecule has 3 nitrogen and oxygen atoms in total. The Hall–Kier alpha value is -7.92. The number of hydrogen-bond acceptors (Lipinski definition) is 4. The lowest BCUT2D eigenvalue weighted by molar-refractivity contribution is 0.436. The normalized spacial score (nSPS) is 13.0. The molecular formula is C59H36N2OS. The summed E-state index contributed by atoms with van der Waals surface area (Å²) in [6.07, 6.45) is 0. The molecule has 0 atom stereocenters. The van der Waals surface area contributed by atoms with Gasteiger partial charge in [0.2, 0.25) is 0 Å². The minimum Gasteiger partial charge on any atom is -0.457 e. The molecule has 9 aromatic carbocycles. The van der Waals surface area contributed by atoms with Crippen LogP contribution in [0.1, 0.15) is 22.3 Å². The first kappa shape index (κ1) is 35.8. The molecule has 0 saturated heterocycles. The van der Waals surface area contributed by atoms with Crippen molar-refractivity contribution >= 4 is 31.6 Å². The van der Waals surface area contributed by atoms with Gasteiger partial charge in [0, 0.05) is 32.3 Å². The summed E-state index contributed by atoms with van der Waals surface area (Å²) in [5.74, 6) is 2.51. The van der Waals surface area contributed by atoms with Crippen molar-refractivity contribution in [2.24, 2.45) is 0 Å². The zero-order valence-electron chi connectivity index (χ0n) is 34.0. The lowest BCUT2D eigenvalue weighted by atomic mass is 9.66. The first-order valence-electron chi connectivity index (χ1n) is 21.4. The Bertz CT molecular complexity index is 3560. The molecule has 0 amide bonds. The van der Waals surface area contributed by atoms with E-state index < -0.39 is 5.41 Å². The van der Waals surface area contributed by atoms with Crippen LogP contribution in [0.4, 0.5) is 0 Å². The summed E-state index contributed by atoms with van der Waals surface area (Å²) in [6.45, 7) is 0. The van der Waals surface area contributed by atoms with Crippen molar-refractivity contribution in [1.82, 2.24) is 9.97 Å². The molecule has 1 aliphatic heterocycles. The van der Waals surface area contributed by atoms with Gasteiger partial charge in [0.05, 0.1) is 21.3 Å². The molecule has 13 rings (SSSR count). The molecule has 294 valence electrons. The number of rotatable bonds is 5. The van der Waals surface area contributed by atoms with Gasteiger partial charge in [-0.2, -0.15) is 0 Å². The molecule has 2 aliphatic rings. The van der Waals surface area contributed by atoms with E-state index in [2.05, 4.69) is 212 Å². The van der Waals surface area contributed by atoms with Gasteiger partial charge < -0.3 is 4.74 Å². The van der Waals surface area contributed by atoms with Gasteiger partial charge in [0.1, 0.15) is 11.5 Å². The molecule has 0 bridgehead atoms. The Morgan fingerprint density at radius 3 is 1.67 bits per heavy atom. The number of aromatic nitrogens is 2. The third kappa shape index (κ3) is 5.45. The highest BCUT2D eigenvalue weighted by Crippen LogP contribution is 2.62. The molecule has 1 aliphatic carbocycles. The second-order valence-electron chi connectivity index (χ2n) is 16.4. The number of benzene rings is 9. The number of fused-ring (bicyclic) bond motifs is 12. The van der Waals surface area contributed by atoms with Crippen LogP contribution in [-0.2, 0) is 5.41 Å². The summed E-state index contributed by atoms with van der Waals surface area (Å²) < 4.78 is 8.91. The standard InChI is InChI=1S/C59H36N2OS/c1-2-15-37(16-3-1)38-29-31-39(32-30-38)58-60-55(57-56(61-58)47-22-7-13-28-54(47)63-57)42-18-14-17-40(35-42)43-19-4-5-20-44(43)41-33-34-46-45-21-6-8-23-48(45)59(51(46)36-41)49-24-9-11-26-52(49)62-53-27-12-10-25-50(53)59/h1-36H. The van der Waals surface area contributed by atoms with E-state index in [1.807, 2.05) is 6.07 Å². The fourth-order valence-corrected chi connectivity index (χ4v) is 11.4. The van der Waals surface area contributed by atoms with Crippen molar-refractivity contribution in [3.05, 3.63) is 241 Å². The van der Waals surface area contributed by atoms with E-state index in [9.17, 15) is 0 Å². The molecule has 2 aromatic heterocycles. The van der Waals surface area contributed by atoms with Gasteiger partial charge in [-0.1, -0.05) is 188 Å². The maximum atomic E-state index is 6.62. The molecule has 0 radical (unpaired) electrons. The fraction of sp³-hybridized carbons (Fsp3) is 0.0169. The monoisotopic (exact) mass is 820 g/mol. The highest BCUT2D eigenvalue weighted by molar-refractivity contribution is 7.26. The van der Waals surface area contributed by atoms with Gasteiger partial charge in [-0.3, -0.25) is 0 Å². The summed E-state index contributed by atoms with van der Waals surface area (Å²) >= 11 is 1.76. The average Bonchev–Trinajstić information content (AvgIpc) is 3.88. The molecular weight excluding hydrogens is 785 g/mol. The van der Waals surface area contributed by atoms with Crippen molar-refractivity contribution in [3.63, 3.8) is 0 Å². The molecule has 0 saturated carbocycles. The topological polar surface area (TPSA) is 35.0 Å². The quantitative estimate of drug-likeness (QED) is 0.173. The van der Waals surface area contributed by atoms with Crippen molar-refractivity contribution in [2.75, 3.05) is 0 Å². The van der Waals surface area contributed by atoms with Crippen LogP contribution in [0, 0.1) is 0 Å². The molecule has 0 fully saturated rings. The molecule has 1 spiro atoms. The first-order valence-corrected chi connectivity index (χ1v) is 22.2. The summed E-state index contributed by atoms with van der Waals surface area (Å²) in [5, 5.41) is 1.15. The molecule has 0 unspecified atom stereocenters. The Kier molecular flexibility index (Phi) is 7.99. The SMILES string of the molecule is c1ccc(-c2ccc(-c3nc(-c4cccc(-c5ccccc5-c5ccc6c(c5)C5(c7ccccc7Oc7ccccc75)c5ccccc5-6)c4)c4sc5ccccc5c4n3)cc2)cc1. The van der Waals surface area contributed by atoms with E-state index in [0.717, 1.165) is 72.0 Å². The molecule has 4 heteroatoms. The van der Waals surface area contributed by atoms with Gasteiger partial charge in [0.15, 0.2) is 5.82 Å². The molecule has 63 heavy (non-hydrogen) atoms. The lowest BCUT2D eigenvalue weighted by Gasteiger charge is -2.39. The van der Waals surface area contributed by atoms with Crippen LogP contribution in [0.25, 0.3) is 87.5 Å². The minimum atomic E-state index is -0.537. The second kappa shape index (κ2) is 14.1. The second-order valence-corrected chi connectivity index (χ2v) is 17.4. The smallest absolute Gasteiger partial charge is 0.160 e. The summed E-state index contributed by atoms with van der Waals surface area (Å²) in [4.78, 5) is 10.6. The van der Waals surface area contributed by atoms with Crippen molar-refractivity contribution in [3.8, 4) is 78.7 Å². The third-order valence-electron chi connectivity index (χ3n) is 13.0. The maximum Gasteiger partial charge on any atom is 0.160 e. The maximum absolute atomic E-state index is 6.62. The Balaban J connectivity index is 0.966. The van der Waals surface area contributed by atoms with Gasteiger partial charge in [-0.05, 0) is 86.0 Å². The van der Waals surface area contributed by atoms with Crippen LogP contribution >= 0.6 is 11.3 Å². The highest BCUT2D eigenvalue weighted by Gasteiger charge is 2.51. The van der Waals surface area contributed by atoms with Crippen molar-refractivity contribution in [1.29, 1.82) is 0 Å². The van der Waals surface area contributed by atoms with Gasteiger partial charge >= 0.3 is 0 Å². The number of para-hydroxylation sites is 2. The van der Waals surface area contributed by atoms with E-state index in [1.54, 1.807) is 11.3 Å². The van der Waals surface area contributed by atoms with E-state index >= 15 is 0 Å². The predicted octanol–water partition coefficient (Wildman–Crippen LogP) is 15.6.